The van der Waals surface area contributed by atoms with Gasteiger partial charge in [-0.15, -0.1) is 11.3 Å². The average Bonchev–Trinajstić information content (AvgIpc) is 3.34. The fraction of sp³-hybridized carbons (Fsp3) is 0.318. The molecule has 154 valence electrons. The van der Waals surface area contributed by atoms with Crippen LogP contribution in [0.3, 0.4) is 0 Å². The van der Waals surface area contributed by atoms with Gasteiger partial charge in [-0.05, 0) is 11.0 Å². The molecular formula is C22H21ClN4O2S. The summed E-state index contributed by atoms with van der Waals surface area (Å²) in [5.41, 5.74) is 2.68. The average molecular weight is 441 g/mol. The molecule has 1 atom stereocenters. The van der Waals surface area contributed by atoms with Crippen LogP contribution in [0.2, 0.25) is 5.15 Å². The van der Waals surface area contributed by atoms with Gasteiger partial charge in [0.1, 0.15) is 10.2 Å². The highest BCUT2D eigenvalue weighted by Crippen LogP contribution is 2.53. The number of rotatable bonds is 2. The molecule has 8 heteroatoms. The van der Waals surface area contributed by atoms with E-state index in [4.69, 9.17) is 11.6 Å². The molecule has 0 aliphatic carbocycles. The topological polar surface area (TPSA) is 61.8 Å². The van der Waals surface area contributed by atoms with Crippen LogP contribution in [0.4, 0.5) is 0 Å². The molecule has 1 aliphatic heterocycles. The third-order valence-corrected chi connectivity index (χ3v) is 7.35. The highest BCUT2D eigenvalue weighted by molar-refractivity contribution is 7.10. The molecule has 1 aliphatic rings. The fourth-order valence-corrected chi connectivity index (χ4v) is 6.08. The summed E-state index contributed by atoms with van der Waals surface area (Å²) in [5.74, 6) is -0.0762. The van der Waals surface area contributed by atoms with Crippen molar-refractivity contribution in [3.63, 3.8) is 0 Å². The molecule has 0 fully saturated rings. The van der Waals surface area contributed by atoms with Gasteiger partial charge in [-0.1, -0.05) is 55.8 Å². The molecule has 30 heavy (non-hydrogen) atoms. The summed E-state index contributed by atoms with van der Waals surface area (Å²) >= 11 is 7.68. The Morgan fingerprint density at radius 1 is 1.13 bits per heavy atom. The van der Waals surface area contributed by atoms with Crippen molar-refractivity contribution in [2.75, 3.05) is 0 Å². The summed E-state index contributed by atoms with van der Waals surface area (Å²) in [6.07, 6.45) is 0. The van der Waals surface area contributed by atoms with Gasteiger partial charge in [0.25, 0.3) is 5.56 Å². The summed E-state index contributed by atoms with van der Waals surface area (Å²) in [6.45, 7) is 5.10. The molecular weight excluding hydrogens is 420 g/mol. The number of hydrogen-bond acceptors (Lipinski definition) is 4. The third kappa shape index (κ3) is 2.51. The molecule has 0 unspecified atom stereocenters. The van der Waals surface area contributed by atoms with E-state index in [1.807, 2.05) is 35.7 Å². The van der Waals surface area contributed by atoms with Crippen LogP contribution in [0.25, 0.3) is 22.2 Å². The van der Waals surface area contributed by atoms with Crippen molar-refractivity contribution < 1.29 is 0 Å². The molecule has 4 aromatic rings. The summed E-state index contributed by atoms with van der Waals surface area (Å²) in [6, 6.07) is 9.90. The summed E-state index contributed by atoms with van der Waals surface area (Å²) in [5, 5.41) is 3.77. The molecule has 0 saturated heterocycles. The zero-order chi connectivity index (χ0) is 21.4. The third-order valence-electron chi connectivity index (χ3n) is 6.11. The molecule has 0 radical (unpaired) electrons. The van der Waals surface area contributed by atoms with Crippen molar-refractivity contribution >= 4 is 33.8 Å². The Balaban J connectivity index is 1.99. The predicted molar refractivity (Wildman–Crippen MR) is 121 cm³/mol. The molecule has 3 aromatic heterocycles. The van der Waals surface area contributed by atoms with Gasteiger partial charge in [0.15, 0.2) is 0 Å². The maximum atomic E-state index is 13.3. The number of nitrogens with zero attached hydrogens (tertiary/aromatic N) is 4. The van der Waals surface area contributed by atoms with Crippen molar-refractivity contribution in [2.45, 2.75) is 26.3 Å². The minimum atomic E-state index is -0.332. The second-order valence-electron chi connectivity index (χ2n) is 8.55. The predicted octanol–water partition coefficient (Wildman–Crippen LogP) is 3.99. The quantitative estimate of drug-likeness (QED) is 0.473. The first-order chi connectivity index (χ1) is 14.2. The Morgan fingerprint density at radius 3 is 2.47 bits per heavy atom. The molecule has 0 amide bonds. The van der Waals surface area contributed by atoms with Crippen LogP contribution >= 0.6 is 22.9 Å². The molecule has 1 aromatic carbocycles. The van der Waals surface area contributed by atoms with E-state index in [1.165, 1.54) is 23.0 Å². The standard InChI is InChI=1S/C22H21ClN4O2S/c1-22(2)11-27-16(12-8-6-5-7-9-12)14-17(25(3)21(29)26(4)20(14)28)18(27)15(22)19-24-13(23)10-30-19/h5-10,15H,11H2,1-4H3/t15-/m1/s1. The Labute approximate surface area is 182 Å². The molecule has 0 saturated carbocycles. The monoisotopic (exact) mass is 440 g/mol. The van der Waals surface area contributed by atoms with E-state index in [9.17, 15) is 9.59 Å². The Hall–Kier alpha value is -2.64. The van der Waals surface area contributed by atoms with Crippen molar-refractivity contribution in [1.82, 2.24) is 18.7 Å². The number of halogens is 1. The zero-order valence-corrected chi connectivity index (χ0v) is 18.7. The number of fused-ring (bicyclic) bond motifs is 3. The van der Waals surface area contributed by atoms with E-state index in [-0.39, 0.29) is 22.6 Å². The van der Waals surface area contributed by atoms with E-state index in [0.717, 1.165) is 22.0 Å². The van der Waals surface area contributed by atoms with Gasteiger partial charge in [0, 0.05) is 26.0 Å². The van der Waals surface area contributed by atoms with Crippen molar-refractivity contribution in [3.05, 3.63) is 72.4 Å². The molecule has 0 bridgehead atoms. The van der Waals surface area contributed by atoms with E-state index in [1.54, 1.807) is 11.6 Å². The van der Waals surface area contributed by atoms with Crippen molar-refractivity contribution in [1.29, 1.82) is 0 Å². The van der Waals surface area contributed by atoms with Gasteiger partial charge >= 0.3 is 5.69 Å². The fourth-order valence-electron chi connectivity index (χ4n) is 4.81. The molecule has 5 rings (SSSR count). The normalized spacial score (nSPS) is 17.6. The van der Waals surface area contributed by atoms with Gasteiger partial charge < -0.3 is 4.57 Å². The van der Waals surface area contributed by atoms with E-state index < -0.39 is 0 Å². The van der Waals surface area contributed by atoms with Crippen LogP contribution in [0, 0.1) is 5.41 Å². The second-order valence-corrected chi connectivity index (χ2v) is 9.82. The smallest absolute Gasteiger partial charge is 0.331 e. The van der Waals surface area contributed by atoms with Gasteiger partial charge in [-0.2, -0.15) is 0 Å². The van der Waals surface area contributed by atoms with Crippen molar-refractivity contribution in [3.8, 4) is 11.3 Å². The lowest BCUT2D eigenvalue weighted by Crippen LogP contribution is -2.37. The lowest BCUT2D eigenvalue weighted by atomic mass is 9.79. The summed E-state index contributed by atoms with van der Waals surface area (Å²) in [4.78, 5) is 30.7. The van der Waals surface area contributed by atoms with Gasteiger partial charge in [-0.3, -0.25) is 13.9 Å². The molecule has 0 N–H and O–H groups in total. The van der Waals surface area contributed by atoms with Gasteiger partial charge in [0.2, 0.25) is 0 Å². The van der Waals surface area contributed by atoms with Crippen molar-refractivity contribution in [2.24, 2.45) is 19.5 Å². The minimum absolute atomic E-state index is 0.0762. The minimum Gasteiger partial charge on any atom is -0.341 e. The number of thiazole rings is 1. The van der Waals surface area contributed by atoms with Crippen LogP contribution in [0.1, 0.15) is 30.5 Å². The Kier molecular flexibility index (Phi) is 4.14. The van der Waals surface area contributed by atoms with Crippen LogP contribution in [-0.4, -0.2) is 18.7 Å². The summed E-state index contributed by atoms with van der Waals surface area (Å²) < 4.78 is 4.99. The van der Waals surface area contributed by atoms with Crippen LogP contribution < -0.4 is 11.2 Å². The van der Waals surface area contributed by atoms with Gasteiger partial charge in [0.05, 0.1) is 28.2 Å². The van der Waals surface area contributed by atoms with Crippen LogP contribution in [0.15, 0.2) is 45.3 Å². The van der Waals surface area contributed by atoms with Crippen LogP contribution in [0.5, 0.6) is 0 Å². The SMILES string of the molecule is Cn1c(=O)c2c(-c3ccccc3)n3c(c2n(C)c1=O)[C@H](c1nc(Cl)cs1)C(C)(C)C3. The highest BCUT2D eigenvalue weighted by Gasteiger charge is 2.46. The van der Waals surface area contributed by atoms with Gasteiger partial charge in [-0.25, -0.2) is 9.78 Å². The number of aryl methyl sites for hydroxylation is 1. The lowest BCUT2D eigenvalue weighted by Gasteiger charge is -2.25. The summed E-state index contributed by atoms with van der Waals surface area (Å²) in [7, 11) is 3.26. The Morgan fingerprint density at radius 2 is 1.83 bits per heavy atom. The van der Waals surface area contributed by atoms with E-state index in [2.05, 4.69) is 23.4 Å². The highest BCUT2D eigenvalue weighted by atomic mass is 35.5. The second kappa shape index (κ2) is 6.43. The Bertz CT molecular complexity index is 1430. The number of benzene rings is 1. The molecule has 0 spiro atoms. The van der Waals surface area contributed by atoms with E-state index >= 15 is 0 Å². The maximum absolute atomic E-state index is 13.3. The first-order valence-corrected chi connectivity index (χ1v) is 11.0. The number of aromatic nitrogens is 4. The molecule has 6 nitrogen and oxygen atoms in total. The van der Waals surface area contributed by atoms with E-state index in [0.29, 0.717) is 22.6 Å². The lowest BCUT2D eigenvalue weighted by molar-refractivity contribution is 0.323. The first kappa shape index (κ1) is 19.3. The maximum Gasteiger partial charge on any atom is 0.331 e. The van der Waals surface area contributed by atoms with Crippen LogP contribution in [-0.2, 0) is 20.6 Å². The number of hydrogen-bond donors (Lipinski definition) is 0. The largest absolute Gasteiger partial charge is 0.341 e. The molecule has 4 heterocycles. The zero-order valence-electron chi connectivity index (χ0n) is 17.1. The first-order valence-electron chi connectivity index (χ1n) is 9.71.